The number of aliphatic hydroxyl groups excluding tert-OH is 1. The minimum atomic E-state index is -0.163. The van der Waals surface area contributed by atoms with Gasteiger partial charge in [0, 0.05) is 11.6 Å². The number of benzene rings is 1. The van der Waals surface area contributed by atoms with E-state index in [0.717, 1.165) is 10.9 Å². The molecule has 2 N–H and O–H groups in total. The largest absolute Gasteiger partial charge is 0.482 e. The smallest absolute Gasteiger partial charge is 0.258 e. The Hall–Kier alpha value is -1.07. The summed E-state index contributed by atoms with van der Waals surface area (Å²) in [6.45, 7) is 3.76. The third kappa shape index (κ3) is 4.31. The number of carbonyl (C=O) groups excluding carboxylic acids is 1. The van der Waals surface area contributed by atoms with Crippen LogP contribution in [0.1, 0.15) is 25.8 Å². The van der Waals surface area contributed by atoms with Crippen molar-refractivity contribution in [2.45, 2.75) is 32.9 Å². The van der Waals surface area contributed by atoms with Crippen LogP contribution >= 0.6 is 15.9 Å². The molecule has 100 valence electrons. The highest BCUT2D eigenvalue weighted by Gasteiger charge is 2.11. The van der Waals surface area contributed by atoms with Gasteiger partial charge in [-0.3, -0.25) is 4.79 Å². The van der Waals surface area contributed by atoms with E-state index in [9.17, 15) is 9.90 Å². The molecule has 0 saturated heterocycles. The molecule has 0 bridgehead atoms. The van der Waals surface area contributed by atoms with Crippen molar-refractivity contribution in [2.75, 3.05) is 6.61 Å². The zero-order valence-electron chi connectivity index (χ0n) is 10.6. The van der Waals surface area contributed by atoms with E-state index in [-0.39, 0.29) is 25.2 Å². The Morgan fingerprint density at radius 1 is 1.56 bits per heavy atom. The van der Waals surface area contributed by atoms with Crippen LogP contribution in [0.3, 0.4) is 0 Å². The lowest BCUT2D eigenvalue weighted by molar-refractivity contribution is -0.123. The van der Waals surface area contributed by atoms with Gasteiger partial charge in [-0.1, -0.05) is 19.1 Å². The maximum Gasteiger partial charge on any atom is 0.258 e. The van der Waals surface area contributed by atoms with Crippen LogP contribution in [0.5, 0.6) is 5.75 Å². The number of para-hydroxylation sites is 1. The summed E-state index contributed by atoms with van der Waals surface area (Å²) in [4.78, 5) is 11.6. The summed E-state index contributed by atoms with van der Waals surface area (Å²) in [6, 6.07) is 5.51. The summed E-state index contributed by atoms with van der Waals surface area (Å²) in [6.07, 6.45) is 0.878. The predicted octanol–water partition coefficient (Wildman–Crippen LogP) is 2.23. The first-order chi connectivity index (χ1) is 8.58. The van der Waals surface area contributed by atoms with Crippen molar-refractivity contribution in [2.24, 2.45) is 0 Å². The van der Waals surface area contributed by atoms with Gasteiger partial charge in [-0.15, -0.1) is 0 Å². The van der Waals surface area contributed by atoms with Crippen LogP contribution in [0.4, 0.5) is 0 Å². The first-order valence-electron chi connectivity index (χ1n) is 5.88. The van der Waals surface area contributed by atoms with Crippen molar-refractivity contribution in [3.8, 4) is 5.75 Å². The van der Waals surface area contributed by atoms with E-state index in [1.54, 1.807) is 12.1 Å². The van der Waals surface area contributed by atoms with Crippen molar-refractivity contribution in [1.82, 2.24) is 5.32 Å². The molecule has 1 aromatic rings. The van der Waals surface area contributed by atoms with Gasteiger partial charge in [-0.05, 0) is 35.3 Å². The third-order valence-corrected chi connectivity index (χ3v) is 3.21. The molecule has 18 heavy (non-hydrogen) atoms. The van der Waals surface area contributed by atoms with Gasteiger partial charge in [-0.2, -0.15) is 0 Å². The number of nitrogens with one attached hydrogen (secondary N) is 1. The number of ether oxygens (including phenoxy) is 1. The predicted molar refractivity (Wildman–Crippen MR) is 73.5 cm³/mol. The Morgan fingerprint density at radius 2 is 2.28 bits per heavy atom. The van der Waals surface area contributed by atoms with Crippen LogP contribution in [0.2, 0.25) is 0 Å². The highest BCUT2D eigenvalue weighted by atomic mass is 79.9. The minimum absolute atomic E-state index is 0.0556. The van der Waals surface area contributed by atoms with Gasteiger partial charge in [0.05, 0.1) is 11.1 Å². The van der Waals surface area contributed by atoms with Gasteiger partial charge in [0.1, 0.15) is 5.75 Å². The zero-order chi connectivity index (χ0) is 13.5. The Bertz CT molecular complexity index is 409. The molecular weight excluding hydrogens is 298 g/mol. The number of aliphatic hydroxyl groups is 1. The standard InChI is InChI=1S/C13H18BrNO3/c1-3-9(2)15-12(17)8-18-13-10(7-16)5-4-6-11(13)14/h4-6,9,16H,3,7-8H2,1-2H3,(H,15,17). The molecule has 0 heterocycles. The second-order valence-corrected chi connectivity index (χ2v) is 4.91. The fourth-order valence-electron chi connectivity index (χ4n) is 1.40. The molecule has 0 aliphatic rings. The van der Waals surface area contributed by atoms with Crippen LogP contribution in [0.15, 0.2) is 22.7 Å². The molecule has 0 spiro atoms. The number of hydrogen-bond donors (Lipinski definition) is 2. The average molecular weight is 316 g/mol. The third-order valence-electron chi connectivity index (χ3n) is 2.59. The van der Waals surface area contributed by atoms with E-state index in [4.69, 9.17) is 4.74 Å². The van der Waals surface area contributed by atoms with Crippen LogP contribution in [-0.2, 0) is 11.4 Å². The molecule has 1 unspecified atom stereocenters. The zero-order valence-corrected chi connectivity index (χ0v) is 12.2. The maximum atomic E-state index is 11.6. The second-order valence-electron chi connectivity index (χ2n) is 4.05. The monoisotopic (exact) mass is 315 g/mol. The van der Waals surface area contributed by atoms with Crippen molar-refractivity contribution >= 4 is 21.8 Å². The van der Waals surface area contributed by atoms with Crippen LogP contribution < -0.4 is 10.1 Å². The summed E-state index contributed by atoms with van der Waals surface area (Å²) < 4.78 is 6.17. The lowest BCUT2D eigenvalue weighted by atomic mass is 10.2. The Morgan fingerprint density at radius 3 is 2.89 bits per heavy atom. The molecule has 0 saturated carbocycles. The molecule has 1 amide bonds. The maximum absolute atomic E-state index is 11.6. The molecule has 0 fully saturated rings. The van der Waals surface area contributed by atoms with Gasteiger partial charge in [0.25, 0.3) is 5.91 Å². The number of hydrogen-bond acceptors (Lipinski definition) is 3. The SMILES string of the molecule is CCC(C)NC(=O)COc1c(Br)cccc1CO. The topological polar surface area (TPSA) is 58.6 Å². The lowest BCUT2D eigenvalue weighted by Crippen LogP contribution is -2.35. The number of carbonyl (C=O) groups is 1. The molecular formula is C13H18BrNO3. The molecule has 1 atom stereocenters. The fraction of sp³-hybridized carbons (Fsp3) is 0.462. The van der Waals surface area contributed by atoms with Crippen LogP contribution in [0.25, 0.3) is 0 Å². The van der Waals surface area contributed by atoms with Crippen molar-refractivity contribution in [3.63, 3.8) is 0 Å². The molecule has 0 aliphatic carbocycles. The summed E-state index contributed by atoms with van der Waals surface area (Å²) in [7, 11) is 0. The van der Waals surface area contributed by atoms with E-state index < -0.39 is 0 Å². The lowest BCUT2D eigenvalue weighted by Gasteiger charge is -2.14. The minimum Gasteiger partial charge on any atom is -0.482 e. The Labute approximate surface area is 115 Å². The van der Waals surface area contributed by atoms with Crippen molar-refractivity contribution < 1.29 is 14.6 Å². The summed E-state index contributed by atoms with van der Waals surface area (Å²) in [5.41, 5.74) is 0.653. The molecule has 0 aromatic heterocycles. The number of halogens is 1. The quantitative estimate of drug-likeness (QED) is 0.846. The Balaban J connectivity index is 2.60. The van der Waals surface area contributed by atoms with Crippen LogP contribution in [-0.4, -0.2) is 23.7 Å². The highest BCUT2D eigenvalue weighted by molar-refractivity contribution is 9.10. The van der Waals surface area contributed by atoms with Gasteiger partial charge < -0.3 is 15.2 Å². The summed E-state index contributed by atoms with van der Waals surface area (Å²) in [5.74, 6) is 0.350. The molecule has 1 aromatic carbocycles. The molecule has 0 aliphatic heterocycles. The molecule has 5 heteroatoms. The number of amides is 1. The Kier molecular flexibility index (Phi) is 6.15. The van der Waals surface area contributed by atoms with Crippen molar-refractivity contribution in [3.05, 3.63) is 28.2 Å². The van der Waals surface area contributed by atoms with E-state index in [2.05, 4.69) is 21.2 Å². The summed E-state index contributed by atoms with van der Waals surface area (Å²) >= 11 is 3.33. The van der Waals surface area contributed by atoms with Crippen LogP contribution in [0, 0.1) is 0 Å². The average Bonchev–Trinajstić information content (AvgIpc) is 2.36. The van der Waals surface area contributed by atoms with E-state index >= 15 is 0 Å². The van der Waals surface area contributed by atoms with Crippen molar-refractivity contribution in [1.29, 1.82) is 0 Å². The van der Waals surface area contributed by atoms with Gasteiger partial charge in [0.2, 0.25) is 0 Å². The van der Waals surface area contributed by atoms with E-state index in [1.165, 1.54) is 0 Å². The molecule has 4 nitrogen and oxygen atoms in total. The number of rotatable bonds is 6. The first-order valence-corrected chi connectivity index (χ1v) is 6.68. The normalized spacial score (nSPS) is 12.0. The van der Waals surface area contributed by atoms with E-state index in [0.29, 0.717) is 11.3 Å². The summed E-state index contributed by atoms with van der Waals surface area (Å²) in [5, 5.41) is 12.0. The fourth-order valence-corrected chi connectivity index (χ4v) is 1.92. The first kappa shape index (κ1) is 15.0. The van der Waals surface area contributed by atoms with Gasteiger partial charge >= 0.3 is 0 Å². The molecule has 0 radical (unpaired) electrons. The second kappa shape index (κ2) is 7.38. The van der Waals surface area contributed by atoms with E-state index in [1.807, 2.05) is 19.9 Å². The van der Waals surface area contributed by atoms with Gasteiger partial charge in [-0.25, -0.2) is 0 Å². The van der Waals surface area contributed by atoms with Gasteiger partial charge in [0.15, 0.2) is 6.61 Å². The highest BCUT2D eigenvalue weighted by Crippen LogP contribution is 2.28. The molecule has 1 rings (SSSR count).